The van der Waals surface area contributed by atoms with E-state index in [1.165, 1.54) is 45.0 Å². The topological polar surface area (TPSA) is 7.76 Å². The van der Waals surface area contributed by atoms with Gasteiger partial charge in [-0.15, -0.1) is 0 Å². The molecule has 0 spiro atoms. The number of rotatable bonds is 3. The first-order valence-corrected chi connectivity index (χ1v) is 8.35. The molecule has 0 aromatic carbocycles. The van der Waals surface area contributed by atoms with Crippen LogP contribution >= 0.6 is 0 Å². The van der Waals surface area contributed by atoms with Crippen LogP contribution in [0.3, 0.4) is 0 Å². The van der Waals surface area contributed by atoms with Crippen LogP contribution in [-0.4, -0.2) is 0 Å². The van der Waals surface area contributed by atoms with Gasteiger partial charge >= 0.3 is 0 Å². The van der Waals surface area contributed by atoms with Gasteiger partial charge in [0.1, 0.15) is 13.1 Å². The molecule has 0 saturated heterocycles. The molecule has 2 heterocycles. The molecule has 22 heavy (non-hydrogen) atoms. The molecule has 2 rings (SSSR count). The first kappa shape index (κ1) is 16.7. The zero-order valence-electron chi connectivity index (χ0n) is 15.5. The second-order valence-electron chi connectivity index (χ2n) is 6.35. The Bertz CT molecular complexity index is 664. The Kier molecular flexibility index (Phi) is 4.69. The lowest BCUT2D eigenvalue weighted by atomic mass is 9.93. The van der Waals surface area contributed by atoms with E-state index in [1.807, 2.05) is 0 Å². The molecule has 2 aromatic rings. The van der Waals surface area contributed by atoms with E-state index in [9.17, 15) is 0 Å². The number of hydrogen-bond donors (Lipinski definition) is 0. The van der Waals surface area contributed by atoms with Crippen LogP contribution in [0.5, 0.6) is 0 Å². The molecule has 0 amide bonds. The molecular weight excluding hydrogens is 268 g/mol. The quantitative estimate of drug-likeness (QED) is 0.761. The van der Waals surface area contributed by atoms with Crippen molar-refractivity contribution in [3.63, 3.8) is 0 Å². The highest BCUT2D eigenvalue weighted by Gasteiger charge is 2.25. The molecule has 118 valence electrons. The van der Waals surface area contributed by atoms with Crippen LogP contribution in [0.25, 0.3) is 11.1 Å². The van der Waals surface area contributed by atoms with Crippen molar-refractivity contribution in [1.29, 1.82) is 0 Å². The van der Waals surface area contributed by atoms with Gasteiger partial charge in [-0.05, 0) is 38.8 Å². The van der Waals surface area contributed by atoms with Crippen molar-refractivity contribution in [1.82, 2.24) is 0 Å². The average Bonchev–Trinajstić information content (AvgIpc) is 2.42. The Morgan fingerprint density at radius 2 is 0.955 bits per heavy atom. The Labute approximate surface area is 135 Å². The van der Waals surface area contributed by atoms with Crippen LogP contribution in [0.1, 0.15) is 47.8 Å². The maximum Gasteiger partial charge on any atom is 0.186 e. The van der Waals surface area contributed by atoms with Crippen molar-refractivity contribution < 1.29 is 9.13 Å². The van der Waals surface area contributed by atoms with Crippen LogP contribution < -0.4 is 9.13 Å². The third kappa shape index (κ3) is 2.55. The van der Waals surface area contributed by atoms with E-state index in [2.05, 4.69) is 76.7 Å². The van der Waals surface area contributed by atoms with E-state index in [4.69, 9.17) is 0 Å². The fraction of sp³-hybridized carbons (Fsp3) is 0.500. The predicted octanol–water partition coefficient (Wildman–Crippen LogP) is 3.82. The van der Waals surface area contributed by atoms with Gasteiger partial charge in [0.25, 0.3) is 0 Å². The van der Waals surface area contributed by atoms with Crippen LogP contribution in [0.2, 0.25) is 0 Å². The van der Waals surface area contributed by atoms with Crippen LogP contribution in [0, 0.1) is 41.5 Å². The number of nitrogens with zero attached hydrogens (tertiary/aromatic N) is 2. The summed E-state index contributed by atoms with van der Waals surface area (Å²) in [5.74, 6) is 0. The van der Waals surface area contributed by atoms with Crippen LogP contribution in [0.4, 0.5) is 0 Å². The Morgan fingerprint density at radius 1 is 0.636 bits per heavy atom. The van der Waals surface area contributed by atoms with Gasteiger partial charge in [-0.1, -0.05) is 0 Å². The van der Waals surface area contributed by atoms with Gasteiger partial charge < -0.3 is 0 Å². The lowest BCUT2D eigenvalue weighted by molar-refractivity contribution is -0.706. The van der Waals surface area contributed by atoms with E-state index < -0.39 is 0 Å². The third-order valence-electron chi connectivity index (χ3n) is 4.91. The maximum atomic E-state index is 2.41. The van der Waals surface area contributed by atoms with E-state index >= 15 is 0 Å². The monoisotopic (exact) mass is 298 g/mol. The SMILES string of the molecule is CC[n+]1c(C)cc(C)c(-c2c(C)cc(C)[n+](CC)c2C)c1C. The summed E-state index contributed by atoms with van der Waals surface area (Å²) in [4.78, 5) is 0. The second-order valence-corrected chi connectivity index (χ2v) is 6.35. The summed E-state index contributed by atoms with van der Waals surface area (Å²) < 4.78 is 4.83. The maximum absolute atomic E-state index is 2.41. The molecule has 0 radical (unpaired) electrons. The minimum Gasteiger partial charge on any atom is -0.200 e. The van der Waals surface area contributed by atoms with E-state index in [1.54, 1.807) is 0 Å². The summed E-state index contributed by atoms with van der Waals surface area (Å²) in [7, 11) is 0. The molecule has 2 aromatic heterocycles. The Hall–Kier alpha value is -1.70. The summed E-state index contributed by atoms with van der Waals surface area (Å²) in [5.41, 5.74) is 11.0. The standard InChI is InChI=1S/C20H30N2/c1-9-21-15(5)11-13(3)19(17(21)7)20-14(4)12-16(6)22(10-2)18(20)8/h11-12H,9-10H2,1-8H3/q+2. The van der Waals surface area contributed by atoms with Gasteiger partial charge in [0.15, 0.2) is 22.8 Å². The predicted molar refractivity (Wildman–Crippen MR) is 92.0 cm³/mol. The lowest BCUT2D eigenvalue weighted by Gasteiger charge is -2.15. The molecule has 2 heteroatoms. The molecule has 0 bridgehead atoms. The fourth-order valence-electron chi connectivity index (χ4n) is 4.03. The molecule has 0 saturated carbocycles. The zero-order chi connectivity index (χ0) is 16.6. The summed E-state index contributed by atoms with van der Waals surface area (Å²) in [6.45, 7) is 19.9. The molecule has 2 nitrogen and oxygen atoms in total. The van der Waals surface area contributed by atoms with E-state index in [0.717, 1.165) is 13.1 Å². The lowest BCUT2D eigenvalue weighted by Crippen LogP contribution is -2.42. The number of pyridine rings is 2. The molecule has 0 N–H and O–H groups in total. The molecule has 0 aliphatic heterocycles. The third-order valence-corrected chi connectivity index (χ3v) is 4.91. The summed E-state index contributed by atoms with van der Waals surface area (Å²) >= 11 is 0. The van der Waals surface area contributed by atoms with Crippen molar-refractivity contribution in [2.75, 3.05) is 0 Å². The fourth-order valence-corrected chi connectivity index (χ4v) is 4.03. The molecule has 0 unspecified atom stereocenters. The van der Waals surface area contributed by atoms with Gasteiger partial charge in [-0.2, -0.15) is 0 Å². The Balaban J connectivity index is 2.89. The van der Waals surface area contributed by atoms with E-state index in [-0.39, 0.29) is 0 Å². The average molecular weight is 298 g/mol. The van der Waals surface area contributed by atoms with Crippen LogP contribution in [0.15, 0.2) is 12.1 Å². The highest BCUT2D eigenvalue weighted by molar-refractivity contribution is 5.72. The highest BCUT2D eigenvalue weighted by atomic mass is 15.0. The largest absolute Gasteiger partial charge is 0.200 e. The summed E-state index contributed by atoms with van der Waals surface area (Å²) in [6.07, 6.45) is 0. The summed E-state index contributed by atoms with van der Waals surface area (Å²) in [6, 6.07) is 4.64. The minimum atomic E-state index is 1.02. The van der Waals surface area contributed by atoms with Gasteiger partial charge in [-0.25, -0.2) is 9.13 Å². The summed E-state index contributed by atoms with van der Waals surface area (Å²) in [5, 5.41) is 0. The van der Waals surface area contributed by atoms with E-state index in [0.29, 0.717) is 0 Å². The molecule has 0 atom stereocenters. The van der Waals surface area contributed by atoms with Crippen molar-refractivity contribution in [3.8, 4) is 11.1 Å². The minimum absolute atomic E-state index is 1.02. The molecule has 0 aliphatic rings. The van der Waals surface area contributed by atoms with Gasteiger partial charge in [0.2, 0.25) is 0 Å². The van der Waals surface area contributed by atoms with Crippen molar-refractivity contribution in [3.05, 3.63) is 46.0 Å². The number of aryl methyl sites for hydroxylation is 4. The normalized spacial score (nSPS) is 11.1. The van der Waals surface area contributed by atoms with Crippen molar-refractivity contribution in [2.24, 2.45) is 0 Å². The molecular formula is C20H30N2+2. The smallest absolute Gasteiger partial charge is 0.186 e. The van der Waals surface area contributed by atoms with Gasteiger partial charge in [0.05, 0.1) is 11.1 Å². The van der Waals surface area contributed by atoms with Gasteiger partial charge in [0, 0.05) is 39.8 Å². The van der Waals surface area contributed by atoms with Crippen molar-refractivity contribution in [2.45, 2.75) is 68.5 Å². The van der Waals surface area contributed by atoms with Crippen LogP contribution in [-0.2, 0) is 13.1 Å². The first-order chi connectivity index (χ1) is 10.3. The molecule has 0 aliphatic carbocycles. The number of hydrogen-bond acceptors (Lipinski definition) is 0. The molecule has 0 fully saturated rings. The first-order valence-electron chi connectivity index (χ1n) is 8.35. The highest BCUT2D eigenvalue weighted by Crippen LogP contribution is 2.31. The second kappa shape index (κ2) is 6.20. The number of aromatic nitrogens is 2. The zero-order valence-corrected chi connectivity index (χ0v) is 15.5. The van der Waals surface area contributed by atoms with Gasteiger partial charge in [-0.3, -0.25) is 0 Å². The Morgan fingerprint density at radius 3 is 1.23 bits per heavy atom. The van der Waals surface area contributed by atoms with Crippen molar-refractivity contribution >= 4 is 0 Å².